The largest absolute Gasteiger partial charge is 0.394 e. The maximum absolute atomic E-state index is 12.6. The van der Waals surface area contributed by atoms with Gasteiger partial charge in [-0.3, -0.25) is 0 Å². The number of hydrogen-bond donors (Lipinski definition) is 2. The summed E-state index contributed by atoms with van der Waals surface area (Å²) < 4.78 is 0. The second-order valence-electron chi connectivity index (χ2n) is 6.42. The van der Waals surface area contributed by atoms with Gasteiger partial charge in [0.25, 0.3) is 0 Å². The maximum atomic E-state index is 12.6. The summed E-state index contributed by atoms with van der Waals surface area (Å²) in [6.07, 6.45) is 1.81. The lowest BCUT2D eigenvalue weighted by molar-refractivity contribution is 0.126. The number of amides is 2. The number of hydrogen-bond acceptors (Lipinski definition) is 3. The molecule has 1 aliphatic heterocycles. The minimum atomic E-state index is -0.248. The topological polar surface area (TPSA) is 52.6 Å². The zero-order valence-electron chi connectivity index (χ0n) is 13.9. The summed E-state index contributed by atoms with van der Waals surface area (Å²) in [5.41, 5.74) is 2.29. The molecule has 0 saturated heterocycles. The second-order valence-corrected chi connectivity index (χ2v) is 7.45. The van der Waals surface area contributed by atoms with Crippen LogP contribution in [0.4, 0.5) is 4.79 Å². The van der Waals surface area contributed by atoms with E-state index < -0.39 is 0 Å². The summed E-state index contributed by atoms with van der Waals surface area (Å²) in [6.45, 7) is 3.39. The van der Waals surface area contributed by atoms with Crippen molar-refractivity contribution < 1.29 is 9.90 Å². The van der Waals surface area contributed by atoms with E-state index in [1.165, 1.54) is 10.4 Å². The highest BCUT2D eigenvalue weighted by Crippen LogP contribution is 2.29. The van der Waals surface area contributed by atoms with Gasteiger partial charge in [-0.2, -0.15) is 0 Å². The lowest BCUT2D eigenvalue weighted by Crippen LogP contribution is -2.47. The quantitative estimate of drug-likeness (QED) is 0.875. The Bertz CT molecular complexity index is 672. The molecule has 1 aliphatic rings. The number of carbonyl (C=O) groups is 1. The molecule has 1 aromatic carbocycles. The first-order valence-corrected chi connectivity index (χ1v) is 9.32. The number of carbonyl (C=O) groups excluding carboxylic acids is 1. The predicted octanol–water partition coefficient (Wildman–Crippen LogP) is 3.23. The first kappa shape index (κ1) is 17.0. The van der Waals surface area contributed by atoms with Gasteiger partial charge in [-0.05, 0) is 41.3 Å². The van der Waals surface area contributed by atoms with Crippen molar-refractivity contribution in [3.05, 3.63) is 57.8 Å². The van der Waals surface area contributed by atoms with E-state index >= 15 is 0 Å². The molecule has 0 spiro atoms. The molecule has 0 fully saturated rings. The molecule has 24 heavy (non-hydrogen) atoms. The Hall–Kier alpha value is -1.85. The van der Waals surface area contributed by atoms with Crippen LogP contribution in [0.5, 0.6) is 0 Å². The fourth-order valence-electron chi connectivity index (χ4n) is 3.30. The van der Waals surface area contributed by atoms with E-state index in [2.05, 4.69) is 35.8 Å². The standard InChI is InChI=1S/C19H24N2O2S/c1-14(11-16-6-4-10-24-16)12-20-19(23)21-9-8-15-5-2-3-7-17(15)18(21)13-22/h2-7,10,14,18,22H,8-9,11-13H2,1H3,(H,20,23). The number of thiophene rings is 1. The molecule has 2 unspecified atom stereocenters. The zero-order valence-corrected chi connectivity index (χ0v) is 14.8. The molecule has 2 atom stereocenters. The fraction of sp³-hybridized carbons (Fsp3) is 0.421. The van der Waals surface area contributed by atoms with Gasteiger partial charge in [0, 0.05) is 18.0 Å². The van der Waals surface area contributed by atoms with Gasteiger partial charge in [-0.25, -0.2) is 4.79 Å². The summed E-state index contributed by atoms with van der Waals surface area (Å²) in [4.78, 5) is 15.7. The number of urea groups is 1. The third-order valence-corrected chi connectivity index (χ3v) is 5.48. The third kappa shape index (κ3) is 3.79. The van der Waals surface area contributed by atoms with Crippen LogP contribution in [0.1, 0.15) is 29.0 Å². The molecule has 0 saturated carbocycles. The van der Waals surface area contributed by atoms with Crippen molar-refractivity contribution in [3.8, 4) is 0 Å². The third-order valence-electron chi connectivity index (χ3n) is 4.58. The first-order valence-electron chi connectivity index (χ1n) is 8.44. The number of aliphatic hydroxyl groups is 1. The highest BCUT2D eigenvalue weighted by molar-refractivity contribution is 7.09. The van der Waals surface area contributed by atoms with Crippen LogP contribution in [0.2, 0.25) is 0 Å². The first-order chi connectivity index (χ1) is 11.7. The van der Waals surface area contributed by atoms with Crippen molar-refractivity contribution in [2.24, 2.45) is 5.92 Å². The van der Waals surface area contributed by atoms with Crippen molar-refractivity contribution in [1.82, 2.24) is 10.2 Å². The number of nitrogens with zero attached hydrogens (tertiary/aromatic N) is 1. The predicted molar refractivity (Wildman–Crippen MR) is 97.3 cm³/mol. The van der Waals surface area contributed by atoms with Gasteiger partial charge in [0.1, 0.15) is 0 Å². The molecule has 2 N–H and O–H groups in total. The minimum Gasteiger partial charge on any atom is -0.394 e. The molecule has 5 heteroatoms. The van der Waals surface area contributed by atoms with Gasteiger partial charge < -0.3 is 15.3 Å². The molecule has 128 valence electrons. The van der Waals surface area contributed by atoms with Crippen LogP contribution >= 0.6 is 11.3 Å². The molecular weight excluding hydrogens is 320 g/mol. The Balaban J connectivity index is 1.58. The smallest absolute Gasteiger partial charge is 0.318 e. The van der Waals surface area contributed by atoms with E-state index in [1.54, 1.807) is 16.2 Å². The van der Waals surface area contributed by atoms with Gasteiger partial charge in [0.05, 0.1) is 12.6 Å². The van der Waals surface area contributed by atoms with Crippen LogP contribution in [-0.2, 0) is 12.8 Å². The molecule has 2 aromatic rings. The molecule has 3 rings (SSSR count). The van der Waals surface area contributed by atoms with Crippen LogP contribution in [-0.4, -0.2) is 35.7 Å². The van der Waals surface area contributed by atoms with Gasteiger partial charge >= 0.3 is 6.03 Å². The van der Waals surface area contributed by atoms with E-state index in [9.17, 15) is 9.90 Å². The van der Waals surface area contributed by atoms with Gasteiger partial charge in [-0.15, -0.1) is 11.3 Å². The SMILES string of the molecule is CC(CNC(=O)N1CCc2ccccc2C1CO)Cc1cccs1. The van der Waals surface area contributed by atoms with Crippen molar-refractivity contribution in [3.63, 3.8) is 0 Å². The molecule has 0 aliphatic carbocycles. The average molecular weight is 344 g/mol. The number of fused-ring (bicyclic) bond motifs is 1. The van der Waals surface area contributed by atoms with E-state index in [-0.39, 0.29) is 18.7 Å². The Kier molecular flexibility index (Phi) is 5.53. The van der Waals surface area contributed by atoms with E-state index in [1.807, 2.05) is 18.2 Å². The minimum absolute atomic E-state index is 0.0464. The highest BCUT2D eigenvalue weighted by Gasteiger charge is 2.30. The number of rotatable bonds is 5. The fourth-order valence-corrected chi connectivity index (χ4v) is 4.17. The Labute approximate surface area is 147 Å². The monoisotopic (exact) mass is 344 g/mol. The van der Waals surface area contributed by atoms with Crippen LogP contribution in [0.15, 0.2) is 41.8 Å². The van der Waals surface area contributed by atoms with Crippen molar-refractivity contribution in [1.29, 1.82) is 0 Å². The van der Waals surface area contributed by atoms with Crippen LogP contribution in [0, 0.1) is 5.92 Å². The van der Waals surface area contributed by atoms with E-state index in [4.69, 9.17) is 0 Å². The van der Waals surface area contributed by atoms with E-state index in [0.717, 1.165) is 18.4 Å². The van der Waals surface area contributed by atoms with Gasteiger partial charge in [0.2, 0.25) is 0 Å². The molecule has 1 aromatic heterocycles. The lowest BCUT2D eigenvalue weighted by atomic mass is 9.93. The van der Waals surface area contributed by atoms with Crippen LogP contribution < -0.4 is 5.32 Å². The molecular formula is C19H24N2O2S. The van der Waals surface area contributed by atoms with Crippen LogP contribution in [0.25, 0.3) is 0 Å². The van der Waals surface area contributed by atoms with Crippen molar-refractivity contribution >= 4 is 17.4 Å². The second kappa shape index (κ2) is 7.81. The summed E-state index contributed by atoms with van der Waals surface area (Å²) in [5, 5.41) is 14.9. The summed E-state index contributed by atoms with van der Waals surface area (Å²) >= 11 is 1.75. The maximum Gasteiger partial charge on any atom is 0.318 e. The molecule has 2 heterocycles. The molecule has 4 nitrogen and oxygen atoms in total. The number of aliphatic hydroxyl groups excluding tert-OH is 1. The Morgan fingerprint density at radius 2 is 2.21 bits per heavy atom. The van der Waals surface area contributed by atoms with Crippen molar-refractivity contribution in [2.75, 3.05) is 19.7 Å². The molecule has 2 amide bonds. The Morgan fingerprint density at radius 1 is 1.38 bits per heavy atom. The number of benzene rings is 1. The zero-order chi connectivity index (χ0) is 16.9. The number of nitrogens with one attached hydrogen (secondary N) is 1. The van der Waals surface area contributed by atoms with E-state index in [0.29, 0.717) is 19.0 Å². The lowest BCUT2D eigenvalue weighted by Gasteiger charge is -2.36. The average Bonchev–Trinajstić information content (AvgIpc) is 3.11. The normalized spacial score (nSPS) is 18.1. The molecule has 0 bridgehead atoms. The summed E-state index contributed by atoms with van der Waals surface area (Å²) in [7, 11) is 0. The summed E-state index contributed by atoms with van der Waals surface area (Å²) in [6, 6.07) is 11.9. The van der Waals surface area contributed by atoms with Crippen molar-refractivity contribution in [2.45, 2.75) is 25.8 Å². The summed E-state index contributed by atoms with van der Waals surface area (Å²) in [5.74, 6) is 0.386. The highest BCUT2D eigenvalue weighted by atomic mass is 32.1. The molecule has 0 radical (unpaired) electrons. The Morgan fingerprint density at radius 3 is 2.96 bits per heavy atom. The van der Waals surface area contributed by atoms with Crippen LogP contribution in [0.3, 0.4) is 0 Å². The van der Waals surface area contributed by atoms with Gasteiger partial charge in [0.15, 0.2) is 0 Å². The van der Waals surface area contributed by atoms with Gasteiger partial charge in [-0.1, -0.05) is 37.3 Å².